The summed E-state index contributed by atoms with van der Waals surface area (Å²) < 4.78 is 1.63. The van der Waals surface area contributed by atoms with Crippen molar-refractivity contribution in [3.63, 3.8) is 0 Å². The van der Waals surface area contributed by atoms with Crippen molar-refractivity contribution in [1.29, 1.82) is 0 Å². The fourth-order valence-corrected chi connectivity index (χ4v) is 2.83. The minimum absolute atomic E-state index is 0.466. The van der Waals surface area contributed by atoms with Gasteiger partial charge in [-0.05, 0) is 58.7 Å². The second-order valence-corrected chi connectivity index (χ2v) is 6.93. The Balaban J connectivity index is 2.43. The molecule has 0 aliphatic heterocycles. The van der Waals surface area contributed by atoms with Crippen LogP contribution in [0.15, 0.2) is 51.4 Å². The van der Waals surface area contributed by atoms with Crippen molar-refractivity contribution in [3.8, 4) is 0 Å². The van der Waals surface area contributed by atoms with Crippen LogP contribution in [0.5, 0.6) is 0 Å². The van der Waals surface area contributed by atoms with E-state index in [1.165, 1.54) is 0 Å². The van der Waals surface area contributed by atoms with Crippen molar-refractivity contribution in [2.75, 3.05) is 5.32 Å². The van der Waals surface area contributed by atoms with Gasteiger partial charge in [0, 0.05) is 14.6 Å². The zero-order valence-electron chi connectivity index (χ0n) is 11.2. The van der Waals surface area contributed by atoms with Crippen molar-refractivity contribution in [3.05, 3.63) is 62.0 Å². The molecule has 0 spiro atoms. The monoisotopic (exact) mass is 430 g/mol. The number of anilines is 1. The molecule has 0 aromatic heterocycles. The fourth-order valence-electron chi connectivity index (χ4n) is 1.94. The number of hydrogen-bond donors (Lipinski definition) is 2. The first-order chi connectivity index (χ1) is 9.83. The summed E-state index contributed by atoms with van der Waals surface area (Å²) in [5, 5.41) is 3.78. The highest BCUT2D eigenvalue weighted by Crippen LogP contribution is 2.31. The SMILES string of the molecule is CC(Nc1ccc(Cl)c(Br)c1)(C(N)=O)c1cccc(Br)c1. The van der Waals surface area contributed by atoms with E-state index in [-0.39, 0.29) is 0 Å². The van der Waals surface area contributed by atoms with Crippen LogP contribution < -0.4 is 11.1 Å². The molecule has 0 heterocycles. The van der Waals surface area contributed by atoms with Crippen molar-refractivity contribution in [1.82, 2.24) is 0 Å². The summed E-state index contributed by atoms with van der Waals surface area (Å²) in [5.74, 6) is -0.466. The maximum Gasteiger partial charge on any atom is 0.247 e. The molecule has 2 aromatic carbocycles. The Morgan fingerprint density at radius 2 is 1.95 bits per heavy atom. The topological polar surface area (TPSA) is 55.1 Å². The van der Waals surface area contributed by atoms with Crippen LogP contribution in [0.2, 0.25) is 5.02 Å². The molecule has 3 N–H and O–H groups in total. The zero-order chi connectivity index (χ0) is 15.6. The second-order valence-electron chi connectivity index (χ2n) is 4.75. The number of primary amides is 1. The number of carbonyl (C=O) groups excluding carboxylic acids is 1. The van der Waals surface area contributed by atoms with Gasteiger partial charge in [-0.15, -0.1) is 0 Å². The first kappa shape index (κ1) is 16.3. The fraction of sp³-hybridized carbons (Fsp3) is 0.133. The number of nitrogens with one attached hydrogen (secondary N) is 1. The summed E-state index contributed by atoms with van der Waals surface area (Å²) in [7, 11) is 0. The summed E-state index contributed by atoms with van der Waals surface area (Å²) in [6.07, 6.45) is 0. The van der Waals surface area contributed by atoms with Gasteiger partial charge in [0.1, 0.15) is 5.54 Å². The Morgan fingerprint density at radius 3 is 2.52 bits per heavy atom. The average molecular weight is 433 g/mol. The van der Waals surface area contributed by atoms with E-state index in [9.17, 15) is 4.79 Å². The summed E-state index contributed by atoms with van der Waals surface area (Å²) in [6.45, 7) is 1.75. The smallest absolute Gasteiger partial charge is 0.247 e. The van der Waals surface area contributed by atoms with Crippen LogP contribution in [-0.2, 0) is 10.3 Å². The number of carbonyl (C=O) groups is 1. The Morgan fingerprint density at radius 1 is 1.24 bits per heavy atom. The van der Waals surface area contributed by atoms with E-state index in [2.05, 4.69) is 37.2 Å². The molecule has 0 aliphatic carbocycles. The number of rotatable bonds is 4. The maximum atomic E-state index is 12.0. The zero-order valence-corrected chi connectivity index (χ0v) is 15.1. The third kappa shape index (κ3) is 3.59. The van der Waals surface area contributed by atoms with Crippen LogP contribution in [0, 0.1) is 0 Å². The van der Waals surface area contributed by atoms with Crippen molar-refractivity contribution < 1.29 is 4.79 Å². The highest BCUT2D eigenvalue weighted by atomic mass is 79.9. The molecule has 0 saturated carbocycles. The standard InChI is InChI=1S/C15H13Br2ClN2O/c1-15(14(19)21,9-3-2-4-10(16)7-9)20-11-5-6-13(18)12(17)8-11/h2-8,20H,1H3,(H2,19,21). The molecule has 2 aromatic rings. The molecule has 3 nitrogen and oxygen atoms in total. The van der Waals surface area contributed by atoms with Gasteiger partial charge in [-0.25, -0.2) is 0 Å². The molecular weight excluding hydrogens is 419 g/mol. The summed E-state index contributed by atoms with van der Waals surface area (Å²) >= 11 is 12.7. The highest BCUT2D eigenvalue weighted by molar-refractivity contribution is 9.10. The van der Waals surface area contributed by atoms with Crippen LogP contribution >= 0.6 is 43.5 Å². The highest BCUT2D eigenvalue weighted by Gasteiger charge is 2.33. The molecule has 21 heavy (non-hydrogen) atoms. The Labute approximate surface area is 145 Å². The van der Waals surface area contributed by atoms with Crippen LogP contribution in [0.3, 0.4) is 0 Å². The number of benzene rings is 2. The third-order valence-electron chi connectivity index (χ3n) is 3.21. The lowest BCUT2D eigenvalue weighted by Crippen LogP contribution is -2.45. The number of halogens is 3. The largest absolute Gasteiger partial charge is 0.368 e. The molecule has 1 amide bonds. The summed E-state index contributed by atoms with van der Waals surface area (Å²) in [4.78, 5) is 12.0. The van der Waals surface area contributed by atoms with E-state index < -0.39 is 11.4 Å². The lowest BCUT2D eigenvalue weighted by Gasteiger charge is -2.29. The van der Waals surface area contributed by atoms with Crippen molar-refractivity contribution in [2.24, 2.45) is 5.73 Å². The number of nitrogens with two attached hydrogens (primary N) is 1. The normalized spacial score (nSPS) is 13.5. The lowest BCUT2D eigenvalue weighted by molar-refractivity contribution is -0.122. The maximum absolute atomic E-state index is 12.0. The van der Waals surface area contributed by atoms with Gasteiger partial charge in [0.25, 0.3) is 0 Å². The molecule has 2 rings (SSSR count). The van der Waals surface area contributed by atoms with Crippen LogP contribution in [0.25, 0.3) is 0 Å². The molecule has 0 aliphatic rings. The Hall–Kier alpha value is -1.04. The van der Waals surface area contributed by atoms with Gasteiger partial charge >= 0.3 is 0 Å². The van der Waals surface area contributed by atoms with E-state index >= 15 is 0 Å². The van der Waals surface area contributed by atoms with Gasteiger partial charge in [0.15, 0.2) is 0 Å². The van der Waals surface area contributed by atoms with Crippen molar-refractivity contribution >= 4 is 55.1 Å². The first-order valence-electron chi connectivity index (χ1n) is 6.12. The molecule has 0 radical (unpaired) electrons. The van der Waals surface area contributed by atoms with Crippen LogP contribution in [-0.4, -0.2) is 5.91 Å². The van der Waals surface area contributed by atoms with E-state index in [0.717, 1.165) is 20.2 Å². The van der Waals surface area contributed by atoms with Gasteiger partial charge in [-0.2, -0.15) is 0 Å². The second kappa shape index (κ2) is 6.38. The Bertz CT molecular complexity index is 693. The quantitative estimate of drug-likeness (QED) is 0.737. The molecule has 0 fully saturated rings. The predicted octanol–water partition coefficient (Wildman–Crippen LogP) is 4.68. The van der Waals surface area contributed by atoms with E-state index in [4.69, 9.17) is 17.3 Å². The van der Waals surface area contributed by atoms with Gasteiger partial charge in [0.05, 0.1) is 5.02 Å². The molecule has 6 heteroatoms. The van der Waals surface area contributed by atoms with Gasteiger partial charge in [-0.3, -0.25) is 4.79 Å². The molecule has 0 bridgehead atoms. The molecule has 1 unspecified atom stereocenters. The van der Waals surface area contributed by atoms with E-state index in [0.29, 0.717) is 5.02 Å². The number of hydrogen-bond acceptors (Lipinski definition) is 2. The average Bonchev–Trinajstić information content (AvgIpc) is 2.42. The molecule has 110 valence electrons. The third-order valence-corrected chi connectivity index (χ3v) is 4.92. The first-order valence-corrected chi connectivity index (χ1v) is 8.08. The Kier molecular flexibility index (Phi) is 4.96. The minimum atomic E-state index is -1.03. The van der Waals surface area contributed by atoms with Gasteiger partial charge < -0.3 is 11.1 Å². The minimum Gasteiger partial charge on any atom is -0.368 e. The van der Waals surface area contributed by atoms with Crippen LogP contribution in [0.4, 0.5) is 5.69 Å². The molecule has 0 saturated heterocycles. The van der Waals surface area contributed by atoms with Gasteiger partial charge in [-0.1, -0.05) is 39.7 Å². The lowest BCUT2D eigenvalue weighted by atomic mass is 9.91. The van der Waals surface area contributed by atoms with E-state index in [1.807, 2.05) is 30.3 Å². The summed E-state index contributed by atoms with van der Waals surface area (Å²) in [6, 6.07) is 12.8. The summed E-state index contributed by atoms with van der Waals surface area (Å²) in [5.41, 5.74) is 6.10. The van der Waals surface area contributed by atoms with Crippen molar-refractivity contribution in [2.45, 2.75) is 12.5 Å². The van der Waals surface area contributed by atoms with Crippen LogP contribution in [0.1, 0.15) is 12.5 Å². The van der Waals surface area contributed by atoms with Gasteiger partial charge in [0.2, 0.25) is 5.91 Å². The number of amides is 1. The predicted molar refractivity (Wildman–Crippen MR) is 93.5 cm³/mol. The van der Waals surface area contributed by atoms with E-state index in [1.54, 1.807) is 19.1 Å². The molecule has 1 atom stereocenters. The molecular formula is C15H13Br2ClN2O.